The number of hydrogen-bond acceptors (Lipinski definition) is 5. The van der Waals surface area contributed by atoms with Crippen LogP contribution in [-0.2, 0) is 14.3 Å². The van der Waals surface area contributed by atoms with E-state index in [2.05, 4.69) is 86.8 Å². The Balaban J connectivity index is 4.56. The monoisotopic (exact) mass is 854 g/mol. The van der Waals surface area contributed by atoms with E-state index in [1.54, 1.807) is 0 Å². The third-order valence-corrected chi connectivity index (χ3v) is 11.6. The smallest absolute Gasteiger partial charge is 0.306 e. The summed E-state index contributed by atoms with van der Waals surface area (Å²) < 4.78 is 5.90. The lowest BCUT2D eigenvalue weighted by atomic mass is 10.0. The number of aliphatic hydroxyl groups is 2. The molecule has 0 aromatic heterocycles. The van der Waals surface area contributed by atoms with Crippen molar-refractivity contribution in [1.29, 1.82) is 0 Å². The van der Waals surface area contributed by atoms with Crippen molar-refractivity contribution in [2.75, 3.05) is 6.61 Å². The van der Waals surface area contributed by atoms with Crippen LogP contribution in [0.2, 0.25) is 0 Å². The number of esters is 1. The summed E-state index contributed by atoms with van der Waals surface area (Å²) in [6.45, 7) is 6.41. The summed E-state index contributed by atoms with van der Waals surface area (Å²) in [5, 5.41) is 23.7. The second kappa shape index (κ2) is 48.6. The number of nitrogens with one attached hydrogen (secondary N) is 1. The molecule has 354 valence electrons. The van der Waals surface area contributed by atoms with Gasteiger partial charge in [-0.3, -0.25) is 9.59 Å². The van der Waals surface area contributed by atoms with Crippen LogP contribution in [0, 0.1) is 0 Å². The average Bonchev–Trinajstić information content (AvgIpc) is 3.25. The van der Waals surface area contributed by atoms with Crippen LogP contribution >= 0.6 is 0 Å². The van der Waals surface area contributed by atoms with E-state index in [4.69, 9.17) is 4.74 Å². The van der Waals surface area contributed by atoms with Gasteiger partial charge in [0.1, 0.15) is 6.10 Å². The number of carbonyl (C=O) groups is 2. The predicted octanol–water partition coefficient (Wildman–Crippen LogP) is 15.6. The molecule has 0 radical (unpaired) electrons. The number of ether oxygens (including phenoxy) is 1. The highest BCUT2D eigenvalue weighted by atomic mass is 16.5. The molecule has 0 heterocycles. The molecule has 6 heteroatoms. The Labute approximate surface area is 378 Å². The third kappa shape index (κ3) is 44.0. The summed E-state index contributed by atoms with van der Waals surface area (Å²) in [5.74, 6) is -0.526. The fourth-order valence-corrected chi connectivity index (χ4v) is 7.58. The number of allylic oxidation sites excluding steroid dienone is 10. The number of carbonyl (C=O) groups excluding carboxylic acids is 2. The van der Waals surface area contributed by atoms with Crippen LogP contribution in [0.5, 0.6) is 0 Å². The molecule has 0 fully saturated rings. The van der Waals surface area contributed by atoms with Crippen LogP contribution in [0.1, 0.15) is 252 Å². The fraction of sp³-hybridized carbons (Fsp3) is 0.782. The maximum absolute atomic E-state index is 13.2. The van der Waals surface area contributed by atoms with Crippen molar-refractivity contribution >= 4 is 11.9 Å². The second-order valence-corrected chi connectivity index (χ2v) is 17.6. The van der Waals surface area contributed by atoms with Crippen molar-refractivity contribution in [2.45, 2.75) is 270 Å². The van der Waals surface area contributed by atoms with Gasteiger partial charge in [-0.2, -0.15) is 0 Å². The fourth-order valence-electron chi connectivity index (χ4n) is 7.58. The largest absolute Gasteiger partial charge is 0.462 e. The van der Waals surface area contributed by atoms with Gasteiger partial charge in [0.05, 0.1) is 25.2 Å². The van der Waals surface area contributed by atoms with Gasteiger partial charge in [-0.05, 0) is 96.3 Å². The van der Waals surface area contributed by atoms with E-state index in [9.17, 15) is 19.8 Å². The highest BCUT2D eigenvalue weighted by Gasteiger charge is 2.24. The van der Waals surface area contributed by atoms with Gasteiger partial charge in [0.2, 0.25) is 5.91 Å². The Morgan fingerprint density at radius 2 is 0.836 bits per heavy atom. The number of aliphatic hydroxyl groups excluding tert-OH is 2. The first kappa shape index (κ1) is 58.6. The van der Waals surface area contributed by atoms with E-state index in [-0.39, 0.29) is 24.9 Å². The second-order valence-electron chi connectivity index (χ2n) is 17.6. The van der Waals surface area contributed by atoms with Crippen molar-refractivity contribution in [2.24, 2.45) is 0 Å². The summed E-state index contributed by atoms with van der Waals surface area (Å²) in [7, 11) is 0. The Hall–Kier alpha value is -2.44. The zero-order valence-electron chi connectivity index (χ0n) is 40.3. The lowest BCUT2D eigenvalue weighted by molar-refractivity contribution is -0.151. The van der Waals surface area contributed by atoms with E-state index < -0.39 is 18.2 Å². The quantitative estimate of drug-likeness (QED) is 0.0322. The maximum atomic E-state index is 13.2. The first-order valence-corrected chi connectivity index (χ1v) is 26.0. The summed E-state index contributed by atoms with van der Waals surface area (Å²) in [4.78, 5) is 26.1. The van der Waals surface area contributed by atoms with Crippen LogP contribution in [0.15, 0.2) is 60.8 Å². The average molecular weight is 854 g/mol. The molecule has 6 nitrogen and oxygen atoms in total. The van der Waals surface area contributed by atoms with Crippen molar-refractivity contribution in [3.63, 3.8) is 0 Å². The van der Waals surface area contributed by atoms with Crippen LogP contribution in [-0.4, -0.2) is 46.9 Å². The topological polar surface area (TPSA) is 95.9 Å². The predicted molar refractivity (Wildman–Crippen MR) is 264 cm³/mol. The number of amides is 1. The van der Waals surface area contributed by atoms with Gasteiger partial charge in [0, 0.05) is 6.42 Å². The zero-order valence-corrected chi connectivity index (χ0v) is 40.3. The standard InChI is InChI=1S/C55H99NO5/c1-4-7-10-13-16-19-22-24-25-26-27-28-29-31-33-36-39-42-45-48-55(60)61-51(46-43-40-37-34-21-18-15-12-9-6-3)49-54(59)56-52(50-57)53(58)47-44-41-38-35-32-30-23-20-17-14-11-8-5-2/h16,18-19,21,24-25,27-28,31,33,51-53,57-58H,4-15,17,20,22-23,26,29-30,32,34-50H2,1-3H3,(H,56,59)/b19-16-,21-18-,25-24-,28-27-,33-31-. The molecule has 61 heavy (non-hydrogen) atoms. The minimum absolute atomic E-state index is 0.0527. The van der Waals surface area contributed by atoms with Crippen LogP contribution in [0.4, 0.5) is 0 Å². The van der Waals surface area contributed by atoms with Crippen LogP contribution in [0.3, 0.4) is 0 Å². The van der Waals surface area contributed by atoms with E-state index in [0.717, 1.165) is 96.3 Å². The third-order valence-electron chi connectivity index (χ3n) is 11.6. The molecule has 0 rings (SSSR count). The molecular weight excluding hydrogens is 755 g/mol. The van der Waals surface area contributed by atoms with Crippen molar-refractivity contribution in [3.05, 3.63) is 60.8 Å². The van der Waals surface area contributed by atoms with Gasteiger partial charge in [-0.25, -0.2) is 0 Å². The minimum atomic E-state index is -0.797. The van der Waals surface area contributed by atoms with Gasteiger partial charge < -0.3 is 20.3 Å². The summed E-state index contributed by atoms with van der Waals surface area (Å²) in [6.07, 6.45) is 59.9. The molecule has 3 unspecified atom stereocenters. The Morgan fingerprint density at radius 1 is 0.475 bits per heavy atom. The number of unbranched alkanes of at least 4 members (excludes halogenated alkanes) is 24. The SMILES string of the molecule is CCCCC/C=C\C/C=C\C/C=C\C/C=C\CCCCCC(=O)OC(CCCCC/C=C\CCCCC)CC(=O)NC(CO)C(O)CCCCCCCCCCCCCCC. The molecule has 0 saturated carbocycles. The summed E-state index contributed by atoms with van der Waals surface area (Å²) >= 11 is 0. The van der Waals surface area contributed by atoms with E-state index in [1.165, 1.54) is 109 Å². The molecule has 0 aliphatic carbocycles. The molecule has 0 aliphatic heterocycles. The van der Waals surface area contributed by atoms with Gasteiger partial charge in [-0.1, -0.05) is 204 Å². The normalized spacial score (nSPS) is 13.7. The molecule has 0 saturated heterocycles. The number of hydrogen-bond donors (Lipinski definition) is 3. The van der Waals surface area contributed by atoms with Gasteiger partial charge in [0.25, 0.3) is 0 Å². The molecule has 0 aliphatic rings. The molecule has 0 spiro atoms. The van der Waals surface area contributed by atoms with Gasteiger partial charge in [-0.15, -0.1) is 0 Å². The Bertz CT molecular complexity index is 1090. The van der Waals surface area contributed by atoms with E-state index in [0.29, 0.717) is 19.3 Å². The lowest BCUT2D eigenvalue weighted by Crippen LogP contribution is -2.46. The molecule has 0 aromatic carbocycles. The highest BCUT2D eigenvalue weighted by molar-refractivity contribution is 5.77. The first-order chi connectivity index (χ1) is 30.0. The summed E-state index contributed by atoms with van der Waals surface area (Å²) in [6, 6.07) is -0.713. The van der Waals surface area contributed by atoms with Crippen LogP contribution in [0.25, 0.3) is 0 Å². The van der Waals surface area contributed by atoms with Crippen molar-refractivity contribution in [3.8, 4) is 0 Å². The van der Waals surface area contributed by atoms with Gasteiger partial charge in [0.15, 0.2) is 0 Å². The van der Waals surface area contributed by atoms with Crippen molar-refractivity contribution < 1.29 is 24.5 Å². The first-order valence-electron chi connectivity index (χ1n) is 26.0. The maximum Gasteiger partial charge on any atom is 0.306 e. The molecule has 1 amide bonds. The molecule has 3 atom stereocenters. The summed E-state index contributed by atoms with van der Waals surface area (Å²) in [5.41, 5.74) is 0. The van der Waals surface area contributed by atoms with Gasteiger partial charge >= 0.3 is 5.97 Å². The molecular formula is C55H99NO5. The molecule has 0 aromatic rings. The Kier molecular flexibility index (Phi) is 46.6. The minimum Gasteiger partial charge on any atom is -0.462 e. The lowest BCUT2D eigenvalue weighted by Gasteiger charge is -2.24. The Morgan fingerprint density at radius 3 is 1.31 bits per heavy atom. The molecule has 3 N–H and O–H groups in total. The molecule has 0 bridgehead atoms. The number of rotatable bonds is 46. The van der Waals surface area contributed by atoms with Crippen molar-refractivity contribution in [1.82, 2.24) is 5.32 Å². The zero-order chi connectivity index (χ0) is 44.5. The van der Waals surface area contributed by atoms with Crippen LogP contribution < -0.4 is 5.32 Å². The van der Waals surface area contributed by atoms with E-state index in [1.807, 2.05) is 0 Å². The van der Waals surface area contributed by atoms with E-state index >= 15 is 0 Å². The highest BCUT2D eigenvalue weighted by Crippen LogP contribution is 2.17.